The number of fused-ring (bicyclic) bond motifs is 2. The number of nitrogens with one attached hydrogen (secondary N) is 2. The molecular formula is C21H24N6O2S. The molecule has 1 unspecified atom stereocenters. The lowest BCUT2D eigenvalue weighted by Gasteiger charge is -2.30. The van der Waals surface area contributed by atoms with E-state index in [0.29, 0.717) is 19.0 Å². The Bertz CT molecular complexity index is 1250. The van der Waals surface area contributed by atoms with Crippen LogP contribution < -0.4 is 5.32 Å². The van der Waals surface area contributed by atoms with Crippen molar-refractivity contribution in [3.63, 3.8) is 0 Å². The summed E-state index contributed by atoms with van der Waals surface area (Å²) in [4.78, 5) is 22.2. The van der Waals surface area contributed by atoms with E-state index in [-0.39, 0.29) is 12.5 Å². The molecule has 8 nitrogen and oxygen atoms in total. The van der Waals surface area contributed by atoms with Gasteiger partial charge >= 0.3 is 0 Å². The van der Waals surface area contributed by atoms with Crippen LogP contribution in [0.5, 0.6) is 0 Å². The summed E-state index contributed by atoms with van der Waals surface area (Å²) in [6.07, 6.45) is 2.79. The Labute approximate surface area is 177 Å². The molecule has 4 aromatic rings. The van der Waals surface area contributed by atoms with Crippen LogP contribution in [-0.4, -0.2) is 55.1 Å². The minimum atomic E-state index is -0.779. The number of H-pyrrole nitrogens is 1. The highest BCUT2D eigenvalue weighted by Gasteiger charge is 2.27. The predicted molar refractivity (Wildman–Crippen MR) is 117 cm³/mol. The largest absolute Gasteiger partial charge is 0.373 e. The first-order valence-corrected chi connectivity index (χ1v) is 10.9. The monoisotopic (exact) mass is 424 g/mol. The summed E-state index contributed by atoms with van der Waals surface area (Å²) in [6, 6.07) is 4.14. The minimum Gasteiger partial charge on any atom is -0.373 e. The van der Waals surface area contributed by atoms with E-state index < -0.39 is 6.23 Å². The van der Waals surface area contributed by atoms with Crippen molar-refractivity contribution in [3.05, 3.63) is 40.7 Å². The fourth-order valence-electron chi connectivity index (χ4n) is 4.20. The molecule has 0 spiro atoms. The normalized spacial score (nSPS) is 16.6. The highest BCUT2D eigenvalue weighted by atomic mass is 32.1. The second kappa shape index (κ2) is 7.19. The van der Waals surface area contributed by atoms with Crippen LogP contribution in [0.25, 0.3) is 27.1 Å². The Morgan fingerprint density at radius 2 is 2.13 bits per heavy atom. The molecular weight excluding hydrogens is 400 g/mol. The van der Waals surface area contributed by atoms with E-state index in [1.807, 2.05) is 24.1 Å². The van der Waals surface area contributed by atoms with Crippen molar-refractivity contribution >= 4 is 33.1 Å². The highest BCUT2D eigenvalue weighted by Crippen LogP contribution is 2.41. The zero-order valence-corrected chi connectivity index (χ0v) is 18.0. The molecule has 1 saturated heterocycles. The summed E-state index contributed by atoms with van der Waals surface area (Å²) in [7, 11) is 0. The number of aliphatic hydroxyl groups is 1. The maximum atomic E-state index is 11.7. The number of pyridine rings is 1. The Balaban J connectivity index is 1.58. The molecule has 4 aromatic heterocycles. The number of carbonyl (C=O) groups is 1. The number of rotatable bonds is 4. The maximum Gasteiger partial charge on any atom is 0.234 e. The zero-order valence-electron chi connectivity index (χ0n) is 17.1. The molecule has 1 aliphatic rings. The van der Waals surface area contributed by atoms with E-state index in [1.165, 1.54) is 5.56 Å². The maximum absolute atomic E-state index is 11.7. The molecule has 0 aliphatic carbocycles. The van der Waals surface area contributed by atoms with Crippen molar-refractivity contribution in [2.24, 2.45) is 0 Å². The molecule has 5 rings (SSSR count). The first-order valence-electron chi connectivity index (χ1n) is 10.1. The number of thiophene rings is 1. The molecule has 156 valence electrons. The fraction of sp³-hybridized carbons (Fsp3) is 0.381. The Morgan fingerprint density at radius 3 is 2.90 bits per heavy atom. The molecule has 0 aromatic carbocycles. The number of carbonyl (C=O) groups excluding carboxylic acids is 1. The van der Waals surface area contributed by atoms with Crippen molar-refractivity contribution in [1.82, 2.24) is 29.8 Å². The van der Waals surface area contributed by atoms with Crippen molar-refractivity contribution in [2.75, 3.05) is 19.6 Å². The van der Waals surface area contributed by atoms with Gasteiger partial charge in [0, 0.05) is 24.8 Å². The van der Waals surface area contributed by atoms with Crippen LogP contribution in [-0.2, 0) is 4.79 Å². The van der Waals surface area contributed by atoms with E-state index in [9.17, 15) is 9.90 Å². The van der Waals surface area contributed by atoms with Crippen molar-refractivity contribution in [3.8, 4) is 11.3 Å². The zero-order chi connectivity index (χ0) is 21.0. The minimum absolute atomic E-state index is 0.0496. The summed E-state index contributed by atoms with van der Waals surface area (Å²) in [5.74, 6) is 0.247. The van der Waals surface area contributed by atoms with E-state index in [0.717, 1.165) is 37.6 Å². The van der Waals surface area contributed by atoms with Crippen LogP contribution in [0.1, 0.15) is 42.0 Å². The second-order valence-corrected chi connectivity index (χ2v) is 9.18. The number of aliphatic hydroxyl groups excluding tert-OH is 1. The van der Waals surface area contributed by atoms with Crippen LogP contribution in [0.2, 0.25) is 0 Å². The van der Waals surface area contributed by atoms with E-state index in [4.69, 9.17) is 0 Å². The standard InChI is InChI=1S/C21H24N6O2S/c1-11(2)17-18(13-6-12(3)20-23-10-24-27(20)8-13)25-14-7-15(30-19(14)17)21(29)26-5-4-22-16(28)9-26/h6-8,10-11,21,25,29H,4-5,9H2,1-3H3,(H,22,28). The van der Waals surface area contributed by atoms with Gasteiger partial charge in [-0.15, -0.1) is 11.3 Å². The molecule has 1 amide bonds. The van der Waals surface area contributed by atoms with Crippen molar-refractivity contribution < 1.29 is 9.90 Å². The number of aromatic amines is 1. The average Bonchev–Trinajstić information content (AvgIpc) is 3.40. The molecule has 1 fully saturated rings. The molecule has 1 aliphatic heterocycles. The third kappa shape index (κ3) is 3.10. The lowest BCUT2D eigenvalue weighted by Crippen LogP contribution is -2.48. The predicted octanol–water partition coefficient (Wildman–Crippen LogP) is 2.79. The van der Waals surface area contributed by atoms with Crippen LogP contribution in [0.4, 0.5) is 0 Å². The Morgan fingerprint density at radius 1 is 1.30 bits per heavy atom. The van der Waals surface area contributed by atoms with Crippen LogP contribution in [0.3, 0.4) is 0 Å². The average molecular weight is 425 g/mol. The Hall–Kier alpha value is -2.75. The lowest BCUT2D eigenvalue weighted by atomic mass is 9.99. The molecule has 0 bridgehead atoms. The van der Waals surface area contributed by atoms with Crippen LogP contribution in [0, 0.1) is 6.92 Å². The van der Waals surface area contributed by atoms with E-state index in [2.05, 4.69) is 40.3 Å². The topological polar surface area (TPSA) is 98.5 Å². The highest BCUT2D eigenvalue weighted by molar-refractivity contribution is 7.19. The van der Waals surface area contributed by atoms with Gasteiger partial charge in [-0.3, -0.25) is 9.69 Å². The molecule has 9 heteroatoms. The second-order valence-electron chi connectivity index (χ2n) is 8.09. The smallest absolute Gasteiger partial charge is 0.234 e. The molecule has 3 N–H and O–H groups in total. The van der Waals surface area contributed by atoms with Crippen LogP contribution in [0.15, 0.2) is 24.7 Å². The van der Waals surface area contributed by atoms with E-state index >= 15 is 0 Å². The molecule has 1 atom stereocenters. The first kappa shape index (κ1) is 19.2. The van der Waals surface area contributed by atoms with Crippen molar-refractivity contribution in [1.29, 1.82) is 0 Å². The summed E-state index contributed by atoms with van der Waals surface area (Å²) in [6.45, 7) is 7.81. The van der Waals surface area contributed by atoms with Gasteiger partial charge in [0.05, 0.1) is 27.3 Å². The third-order valence-corrected chi connectivity index (χ3v) is 6.83. The SMILES string of the molecule is Cc1cc(-c2[nH]c3cc(C(O)N4CCNC(=O)C4)sc3c2C(C)C)cn2ncnc12. The quantitative estimate of drug-likeness (QED) is 0.468. The first-order chi connectivity index (χ1) is 14.4. The van der Waals surface area contributed by atoms with Gasteiger partial charge in [-0.05, 0) is 36.1 Å². The summed E-state index contributed by atoms with van der Waals surface area (Å²) >= 11 is 1.59. The molecule has 0 saturated carbocycles. The summed E-state index contributed by atoms with van der Waals surface area (Å²) in [5.41, 5.74) is 6.29. The van der Waals surface area contributed by atoms with Gasteiger partial charge in [0.25, 0.3) is 0 Å². The number of piperazine rings is 1. The number of hydrogen-bond donors (Lipinski definition) is 3. The molecule has 30 heavy (non-hydrogen) atoms. The van der Waals surface area contributed by atoms with Gasteiger partial charge in [-0.2, -0.15) is 5.10 Å². The number of hydrogen-bond acceptors (Lipinski definition) is 6. The molecule has 5 heterocycles. The van der Waals surface area contributed by atoms with Gasteiger partial charge in [0.1, 0.15) is 12.6 Å². The number of aromatic nitrogens is 4. The van der Waals surface area contributed by atoms with Gasteiger partial charge in [0.2, 0.25) is 5.91 Å². The summed E-state index contributed by atoms with van der Waals surface area (Å²) in [5, 5.41) is 18.0. The molecule has 0 radical (unpaired) electrons. The lowest BCUT2D eigenvalue weighted by molar-refractivity contribution is -0.128. The van der Waals surface area contributed by atoms with Crippen LogP contribution >= 0.6 is 11.3 Å². The van der Waals surface area contributed by atoms with Gasteiger partial charge in [-0.1, -0.05) is 13.8 Å². The van der Waals surface area contributed by atoms with E-state index in [1.54, 1.807) is 22.2 Å². The Kier molecular flexibility index (Phi) is 4.61. The van der Waals surface area contributed by atoms with Gasteiger partial charge in [0.15, 0.2) is 5.65 Å². The van der Waals surface area contributed by atoms with Gasteiger partial charge < -0.3 is 15.4 Å². The fourth-order valence-corrected chi connectivity index (χ4v) is 5.54. The number of nitrogens with zero attached hydrogens (tertiary/aromatic N) is 4. The number of amides is 1. The third-order valence-electron chi connectivity index (χ3n) is 5.62. The van der Waals surface area contributed by atoms with Crippen molar-refractivity contribution in [2.45, 2.75) is 32.9 Å². The van der Waals surface area contributed by atoms with Gasteiger partial charge in [-0.25, -0.2) is 9.50 Å². The number of aryl methyl sites for hydroxylation is 1. The summed E-state index contributed by atoms with van der Waals surface area (Å²) < 4.78 is 2.95.